The summed E-state index contributed by atoms with van der Waals surface area (Å²) in [6, 6.07) is 64.9. The molecule has 68 heavy (non-hydrogen) atoms. The highest BCUT2D eigenvalue weighted by Crippen LogP contribution is 2.52. The van der Waals surface area contributed by atoms with Gasteiger partial charge in [0.05, 0.1) is 11.4 Å². The molecule has 4 heteroatoms. The Morgan fingerprint density at radius 1 is 0.500 bits per heavy atom. The highest BCUT2D eigenvalue weighted by molar-refractivity contribution is 7.00. The Kier molecular flexibility index (Phi) is 10.4. The monoisotopic (exact) mass is 886 g/mol. The van der Waals surface area contributed by atoms with E-state index in [-0.39, 0.29) is 23.0 Å². The third kappa shape index (κ3) is 7.44. The lowest BCUT2D eigenvalue weighted by atomic mass is 9.33. The van der Waals surface area contributed by atoms with Crippen molar-refractivity contribution >= 4 is 74.3 Å². The molecule has 0 saturated carbocycles. The number of anilines is 9. The Morgan fingerprint density at radius 2 is 1.01 bits per heavy atom. The van der Waals surface area contributed by atoms with Crippen molar-refractivity contribution in [2.75, 3.05) is 14.7 Å². The highest BCUT2D eigenvalue weighted by atomic mass is 15.2. The van der Waals surface area contributed by atoms with E-state index in [0.717, 1.165) is 36.3 Å². The lowest BCUT2D eigenvalue weighted by Crippen LogP contribution is -2.61. The number of nitrogens with zero attached hydrogens (tertiary/aromatic N) is 3. The molecular weight excluding hydrogens is 822 g/mol. The van der Waals surface area contributed by atoms with Crippen molar-refractivity contribution in [2.24, 2.45) is 5.41 Å². The molecule has 0 unspecified atom stereocenters. The summed E-state index contributed by atoms with van der Waals surface area (Å²) in [5.74, 6) is 0. The Hall–Kier alpha value is -6.78. The zero-order valence-electron chi connectivity index (χ0n) is 41.7. The minimum Gasteiger partial charge on any atom is -0.311 e. The molecule has 0 saturated heterocycles. The van der Waals surface area contributed by atoms with Crippen molar-refractivity contribution in [1.82, 2.24) is 0 Å². The summed E-state index contributed by atoms with van der Waals surface area (Å²) < 4.78 is 0. The van der Waals surface area contributed by atoms with Gasteiger partial charge in [-0.05, 0) is 164 Å². The molecule has 0 atom stereocenters. The van der Waals surface area contributed by atoms with Crippen LogP contribution in [0.15, 0.2) is 170 Å². The molecule has 0 spiro atoms. The van der Waals surface area contributed by atoms with Gasteiger partial charge in [0.1, 0.15) is 0 Å². The topological polar surface area (TPSA) is 9.72 Å². The van der Waals surface area contributed by atoms with Crippen LogP contribution in [0.25, 0.3) is 11.1 Å². The summed E-state index contributed by atoms with van der Waals surface area (Å²) in [4.78, 5) is 7.74. The third-order valence-corrected chi connectivity index (χ3v) is 15.0. The Bertz CT molecular complexity index is 3190. The maximum atomic E-state index is 2.67. The molecule has 0 bridgehead atoms. The van der Waals surface area contributed by atoms with E-state index in [1.54, 1.807) is 0 Å². The van der Waals surface area contributed by atoms with Gasteiger partial charge in [0.2, 0.25) is 0 Å². The average molecular weight is 886 g/mol. The molecule has 338 valence electrons. The molecule has 0 radical (unpaired) electrons. The van der Waals surface area contributed by atoms with Crippen LogP contribution >= 0.6 is 0 Å². The number of aryl methyl sites for hydroxylation is 2. The van der Waals surface area contributed by atoms with Gasteiger partial charge in [-0.3, -0.25) is 0 Å². The number of rotatable bonds is 7. The van der Waals surface area contributed by atoms with Crippen LogP contribution in [-0.2, 0) is 30.1 Å². The number of hydrogen-bond donors (Lipinski definition) is 0. The van der Waals surface area contributed by atoms with E-state index in [1.807, 2.05) is 0 Å². The smallest absolute Gasteiger partial charge is 0.252 e. The van der Waals surface area contributed by atoms with Crippen LogP contribution in [0.2, 0.25) is 0 Å². The molecular formula is C64H64BN3. The van der Waals surface area contributed by atoms with Crippen molar-refractivity contribution in [3.8, 4) is 11.1 Å². The summed E-state index contributed by atoms with van der Waals surface area (Å²) in [6.45, 7) is 23.4. The fourth-order valence-corrected chi connectivity index (χ4v) is 11.5. The number of para-hydroxylation sites is 2. The van der Waals surface area contributed by atoms with Crippen LogP contribution in [0.3, 0.4) is 0 Å². The number of fused-ring (bicyclic) bond motifs is 5. The maximum absolute atomic E-state index is 2.67. The predicted molar refractivity (Wildman–Crippen MR) is 293 cm³/mol. The van der Waals surface area contributed by atoms with E-state index in [0.29, 0.717) is 0 Å². The molecule has 0 fully saturated rings. The molecule has 8 aromatic carbocycles. The SMILES string of the molecule is CCc1ccc2c(c1)B1c3cc4c(cc3N(c3ccc(C(C)(C)C)cc3-c3ccccc3)c3cc(N(c5ccccc5)c5ccccc5)cc(c31)N2c1ccc(C(C)(C)C)cc1C)CC(C)(C)C4. The second-order valence-corrected chi connectivity index (χ2v) is 22.6. The first kappa shape index (κ1) is 43.8. The molecule has 11 rings (SSSR count). The molecule has 3 aliphatic rings. The van der Waals surface area contributed by atoms with Crippen molar-refractivity contribution in [3.05, 3.63) is 203 Å². The maximum Gasteiger partial charge on any atom is 0.252 e. The lowest BCUT2D eigenvalue weighted by molar-refractivity contribution is 0.392. The summed E-state index contributed by atoms with van der Waals surface area (Å²) in [7, 11) is 0. The molecule has 0 amide bonds. The first-order valence-corrected chi connectivity index (χ1v) is 24.9. The summed E-state index contributed by atoms with van der Waals surface area (Å²) in [5, 5.41) is 0. The predicted octanol–water partition coefficient (Wildman–Crippen LogP) is 15.5. The minimum atomic E-state index is -0.0358. The van der Waals surface area contributed by atoms with Gasteiger partial charge in [0.25, 0.3) is 6.71 Å². The van der Waals surface area contributed by atoms with Gasteiger partial charge in [-0.25, -0.2) is 0 Å². The fraction of sp³-hybridized carbons (Fsp3) is 0.250. The van der Waals surface area contributed by atoms with E-state index in [1.165, 1.54) is 95.0 Å². The van der Waals surface area contributed by atoms with E-state index >= 15 is 0 Å². The zero-order valence-corrected chi connectivity index (χ0v) is 41.7. The third-order valence-electron chi connectivity index (χ3n) is 15.0. The normalized spacial score (nSPS) is 14.6. The average Bonchev–Trinajstić information content (AvgIpc) is 3.63. The molecule has 8 aromatic rings. The summed E-state index contributed by atoms with van der Waals surface area (Å²) in [5.41, 5.74) is 25.7. The quantitative estimate of drug-likeness (QED) is 0.148. The summed E-state index contributed by atoms with van der Waals surface area (Å²) in [6.07, 6.45) is 3.11. The van der Waals surface area contributed by atoms with E-state index < -0.39 is 0 Å². The van der Waals surface area contributed by atoms with Crippen molar-refractivity contribution < 1.29 is 0 Å². The summed E-state index contributed by atoms with van der Waals surface area (Å²) >= 11 is 0. The largest absolute Gasteiger partial charge is 0.311 e. The van der Waals surface area contributed by atoms with Crippen molar-refractivity contribution in [3.63, 3.8) is 0 Å². The molecule has 1 aliphatic carbocycles. The van der Waals surface area contributed by atoms with Crippen LogP contribution in [0.4, 0.5) is 51.2 Å². The van der Waals surface area contributed by atoms with Gasteiger partial charge < -0.3 is 14.7 Å². The van der Waals surface area contributed by atoms with Gasteiger partial charge in [0, 0.05) is 45.4 Å². The van der Waals surface area contributed by atoms with Gasteiger partial charge in [-0.15, -0.1) is 0 Å². The second kappa shape index (κ2) is 16.2. The highest BCUT2D eigenvalue weighted by Gasteiger charge is 2.46. The van der Waals surface area contributed by atoms with E-state index in [2.05, 4.69) is 254 Å². The Labute approximate surface area is 406 Å². The van der Waals surface area contributed by atoms with E-state index in [9.17, 15) is 0 Å². The molecule has 0 aromatic heterocycles. The van der Waals surface area contributed by atoms with Crippen LogP contribution in [0.1, 0.15) is 95.7 Å². The van der Waals surface area contributed by atoms with Crippen LogP contribution in [0, 0.1) is 12.3 Å². The Balaban J connectivity index is 1.30. The first-order chi connectivity index (χ1) is 32.6. The van der Waals surface area contributed by atoms with E-state index in [4.69, 9.17) is 0 Å². The van der Waals surface area contributed by atoms with Gasteiger partial charge in [-0.2, -0.15) is 0 Å². The fourth-order valence-electron chi connectivity index (χ4n) is 11.5. The Morgan fingerprint density at radius 3 is 1.59 bits per heavy atom. The van der Waals surface area contributed by atoms with Gasteiger partial charge in [-0.1, -0.05) is 165 Å². The molecule has 3 nitrogen and oxygen atoms in total. The standard InChI is InChI=1S/C64H64BN3/c1-11-43-27-30-57-53(34-43)65-54-35-45-40-64(9,10)41-46(45)36-58(54)68(56-32-29-48(63(6,7)8)37-52(56)44-21-15-12-16-22-44)60-39-51(66(49-23-17-13-18-24-49)50-25-19-14-20-26-50)38-59(61(60)65)67(57)55-31-28-47(33-42(55)2)62(3,4)5/h12-39H,11,40-41H2,1-10H3. The number of benzene rings is 8. The molecule has 2 aliphatic heterocycles. The first-order valence-electron chi connectivity index (χ1n) is 24.9. The van der Waals surface area contributed by atoms with Crippen LogP contribution in [-0.4, -0.2) is 6.71 Å². The minimum absolute atomic E-state index is 0.0112. The van der Waals surface area contributed by atoms with Crippen molar-refractivity contribution in [2.45, 2.75) is 99.3 Å². The number of hydrogen-bond acceptors (Lipinski definition) is 3. The van der Waals surface area contributed by atoms with Gasteiger partial charge in [0.15, 0.2) is 0 Å². The lowest BCUT2D eigenvalue weighted by Gasteiger charge is -2.46. The van der Waals surface area contributed by atoms with Crippen molar-refractivity contribution in [1.29, 1.82) is 0 Å². The molecule has 2 heterocycles. The second-order valence-electron chi connectivity index (χ2n) is 22.6. The van der Waals surface area contributed by atoms with Gasteiger partial charge >= 0.3 is 0 Å². The zero-order chi connectivity index (χ0) is 47.3. The van der Waals surface area contributed by atoms with Crippen LogP contribution < -0.4 is 31.1 Å². The van der Waals surface area contributed by atoms with Crippen LogP contribution in [0.5, 0.6) is 0 Å². The molecule has 0 N–H and O–H groups in total.